The lowest BCUT2D eigenvalue weighted by atomic mass is 10.1. The van der Waals surface area contributed by atoms with Gasteiger partial charge in [-0.1, -0.05) is 29.8 Å². The molecule has 0 aliphatic heterocycles. The summed E-state index contributed by atoms with van der Waals surface area (Å²) in [5.74, 6) is 0. The molecule has 2 aromatic rings. The summed E-state index contributed by atoms with van der Waals surface area (Å²) >= 11 is 3.61. The van der Waals surface area contributed by atoms with Crippen LogP contribution in [0.25, 0.3) is 11.3 Å². The lowest BCUT2D eigenvalue weighted by molar-refractivity contribution is 0.660. The van der Waals surface area contributed by atoms with Gasteiger partial charge in [-0.05, 0) is 36.7 Å². The Kier molecular flexibility index (Phi) is 3.15. The van der Waals surface area contributed by atoms with Crippen molar-refractivity contribution in [3.8, 4) is 11.3 Å². The van der Waals surface area contributed by atoms with Crippen LogP contribution in [-0.4, -0.2) is 9.78 Å². The van der Waals surface area contributed by atoms with Crippen molar-refractivity contribution in [1.82, 2.24) is 9.78 Å². The zero-order chi connectivity index (χ0) is 11.7. The summed E-state index contributed by atoms with van der Waals surface area (Å²) < 4.78 is 3.13. The van der Waals surface area contributed by atoms with E-state index >= 15 is 0 Å². The summed E-state index contributed by atoms with van der Waals surface area (Å²) in [4.78, 5) is 0. The number of benzene rings is 1. The zero-order valence-electron chi connectivity index (χ0n) is 9.79. The minimum absolute atomic E-state index is 0.885. The SMILES string of the molecule is CCn1nc(C)c(Br)c1-c1ccc(C)cc1. The van der Waals surface area contributed by atoms with E-state index in [-0.39, 0.29) is 0 Å². The summed E-state index contributed by atoms with van der Waals surface area (Å²) in [6.07, 6.45) is 0. The average molecular weight is 279 g/mol. The second-order valence-electron chi connectivity index (χ2n) is 3.93. The highest BCUT2D eigenvalue weighted by atomic mass is 79.9. The molecule has 0 bridgehead atoms. The average Bonchev–Trinajstić information content (AvgIpc) is 2.57. The summed E-state index contributed by atoms with van der Waals surface area (Å²) in [7, 11) is 0. The van der Waals surface area contributed by atoms with Crippen LogP contribution in [0.15, 0.2) is 28.7 Å². The smallest absolute Gasteiger partial charge is 0.0827 e. The third-order valence-corrected chi connectivity index (χ3v) is 3.63. The fourth-order valence-corrected chi connectivity index (χ4v) is 2.29. The summed E-state index contributed by atoms with van der Waals surface area (Å²) in [6.45, 7) is 7.11. The number of nitrogens with zero attached hydrogens (tertiary/aromatic N) is 2. The zero-order valence-corrected chi connectivity index (χ0v) is 11.4. The minimum Gasteiger partial charge on any atom is -0.264 e. The van der Waals surface area contributed by atoms with Crippen molar-refractivity contribution in [1.29, 1.82) is 0 Å². The molecule has 0 N–H and O–H groups in total. The van der Waals surface area contributed by atoms with E-state index in [1.807, 2.05) is 11.6 Å². The van der Waals surface area contributed by atoms with E-state index < -0.39 is 0 Å². The molecule has 0 aliphatic rings. The molecule has 1 heterocycles. The highest BCUT2D eigenvalue weighted by Crippen LogP contribution is 2.30. The molecule has 1 aromatic carbocycles. The molecule has 0 fully saturated rings. The first-order chi connectivity index (χ1) is 7.63. The molecule has 0 amide bonds. The van der Waals surface area contributed by atoms with Crippen LogP contribution in [0.5, 0.6) is 0 Å². The van der Waals surface area contributed by atoms with Gasteiger partial charge in [-0.25, -0.2) is 0 Å². The number of hydrogen-bond donors (Lipinski definition) is 0. The van der Waals surface area contributed by atoms with E-state index in [1.54, 1.807) is 0 Å². The van der Waals surface area contributed by atoms with E-state index in [2.05, 4.69) is 59.1 Å². The van der Waals surface area contributed by atoms with Gasteiger partial charge >= 0.3 is 0 Å². The molecule has 0 saturated heterocycles. The Labute approximate surface area is 104 Å². The Morgan fingerprint density at radius 3 is 2.38 bits per heavy atom. The molecule has 84 valence electrons. The third-order valence-electron chi connectivity index (χ3n) is 2.68. The minimum atomic E-state index is 0.885. The van der Waals surface area contributed by atoms with Crippen LogP contribution >= 0.6 is 15.9 Å². The molecule has 0 radical (unpaired) electrons. The number of halogens is 1. The Balaban J connectivity index is 2.58. The molecule has 0 spiro atoms. The van der Waals surface area contributed by atoms with Gasteiger partial charge in [0.15, 0.2) is 0 Å². The quantitative estimate of drug-likeness (QED) is 0.814. The molecule has 2 rings (SSSR count). The maximum Gasteiger partial charge on any atom is 0.0827 e. The Morgan fingerprint density at radius 1 is 1.19 bits per heavy atom. The lowest BCUT2D eigenvalue weighted by Crippen LogP contribution is -1.99. The summed E-state index contributed by atoms with van der Waals surface area (Å²) in [6, 6.07) is 8.54. The topological polar surface area (TPSA) is 17.8 Å². The standard InChI is InChI=1S/C13H15BrN2/c1-4-16-13(12(14)10(3)15-16)11-7-5-9(2)6-8-11/h5-8H,4H2,1-3H3. The van der Waals surface area contributed by atoms with Gasteiger partial charge in [-0.2, -0.15) is 5.10 Å². The first kappa shape index (κ1) is 11.4. The summed E-state index contributed by atoms with van der Waals surface area (Å²) in [5.41, 5.74) is 4.69. The molecular weight excluding hydrogens is 264 g/mol. The molecule has 0 saturated carbocycles. The number of hydrogen-bond acceptors (Lipinski definition) is 1. The molecule has 16 heavy (non-hydrogen) atoms. The van der Waals surface area contributed by atoms with Crippen molar-refractivity contribution < 1.29 is 0 Å². The molecule has 2 nitrogen and oxygen atoms in total. The number of aryl methyl sites for hydroxylation is 3. The van der Waals surface area contributed by atoms with Crippen molar-refractivity contribution in [3.63, 3.8) is 0 Å². The van der Waals surface area contributed by atoms with Gasteiger partial charge in [-0.3, -0.25) is 4.68 Å². The fourth-order valence-electron chi connectivity index (χ4n) is 1.78. The lowest BCUT2D eigenvalue weighted by Gasteiger charge is -2.05. The maximum absolute atomic E-state index is 4.50. The Bertz CT molecular complexity index is 497. The maximum atomic E-state index is 4.50. The third kappa shape index (κ3) is 1.92. The molecular formula is C13H15BrN2. The second kappa shape index (κ2) is 4.42. The fraction of sp³-hybridized carbons (Fsp3) is 0.308. The highest BCUT2D eigenvalue weighted by Gasteiger charge is 2.13. The van der Waals surface area contributed by atoms with Crippen molar-refractivity contribution >= 4 is 15.9 Å². The van der Waals surface area contributed by atoms with Gasteiger partial charge in [0.2, 0.25) is 0 Å². The Morgan fingerprint density at radius 2 is 1.81 bits per heavy atom. The van der Waals surface area contributed by atoms with Crippen LogP contribution in [0.2, 0.25) is 0 Å². The second-order valence-corrected chi connectivity index (χ2v) is 4.72. The predicted octanol–water partition coefficient (Wildman–Crippen LogP) is 3.95. The van der Waals surface area contributed by atoms with E-state index in [0.717, 1.165) is 16.7 Å². The molecule has 3 heteroatoms. The molecule has 1 aromatic heterocycles. The largest absolute Gasteiger partial charge is 0.264 e. The predicted molar refractivity (Wildman–Crippen MR) is 70.5 cm³/mol. The van der Waals surface area contributed by atoms with Gasteiger partial charge in [0, 0.05) is 12.1 Å². The van der Waals surface area contributed by atoms with Crippen molar-refractivity contribution in [3.05, 3.63) is 40.0 Å². The van der Waals surface area contributed by atoms with E-state index in [1.165, 1.54) is 16.8 Å². The monoisotopic (exact) mass is 278 g/mol. The van der Waals surface area contributed by atoms with Crippen molar-refractivity contribution in [2.45, 2.75) is 27.3 Å². The van der Waals surface area contributed by atoms with Gasteiger partial charge < -0.3 is 0 Å². The van der Waals surface area contributed by atoms with Gasteiger partial charge in [-0.15, -0.1) is 0 Å². The molecule has 0 unspecified atom stereocenters. The molecule has 0 aliphatic carbocycles. The normalized spacial score (nSPS) is 10.8. The van der Waals surface area contributed by atoms with Gasteiger partial charge in [0.25, 0.3) is 0 Å². The van der Waals surface area contributed by atoms with Crippen LogP contribution in [0.4, 0.5) is 0 Å². The highest BCUT2D eigenvalue weighted by molar-refractivity contribution is 9.10. The van der Waals surface area contributed by atoms with Crippen LogP contribution in [0, 0.1) is 13.8 Å². The van der Waals surface area contributed by atoms with E-state index in [4.69, 9.17) is 0 Å². The van der Waals surface area contributed by atoms with Gasteiger partial charge in [0.1, 0.15) is 0 Å². The van der Waals surface area contributed by atoms with Crippen LogP contribution < -0.4 is 0 Å². The Hall–Kier alpha value is -1.09. The molecule has 0 atom stereocenters. The number of rotatable bonds is 2. The van der Waals surface area contributed by atoms with Crippen molar-refractivity contribution in [2.24, 2.45) is 0 Å². The van der Waals surface area contributed by atoms with Crippen LogP contribution in [0.1, 0.15) is 18.2 Å². The van der Waals surface area contributed by atoms with Crippen LogP contribution in [0.3, 0.4) is 0 Å². The first-order valence-electron chi connectivity index (χ1n) is 5.43. The van der Waals surface area contributed by atoms with Gasteiger partial charge in [0.05, 0.1) is 15.9 Å². The first-order valence-corrected chi connectivity index (χ1v) is 6.22. The van der Waals surface area contributed by atoms with Crippen LogP contribution in [-0.2, 0) is 6.54 Å². The van der Waals surface area contributed by atoms with E-state index in [0.29, 0.717) is 0 Å². The summed E-state index contributed by atoms with van der Waals surface area (Å²) in [5, 5.41) is 4.50. The number of aromatic nitrogens is 2. The van der Waals surface area contributed by atoms with Crippen molar-refractivity contribution in [2.75, 3.05) is 0 Å². The van der Waals surface area contributed by atoms with E-state index in [9.17, 15) is 0 Å².